The van der Waals surface area contributed by atoms with Gasteiger partial charge in [0.2, 0.25) is 5.91 Å². The molecule has 0 spiro atoms. The van der Waals surface area contributed by atoms with Gasteiger partial charge in [-0.05, 0) is 29.5 Å². The van der Waals surface area contributed by atoms with Crippen molar-refractivity contribution in [3.05, 3.63) is 71.0 Å². The molecule has 2 aromatic rings. The Labute approximate surface area is 164 Å². The largest absolute Gasteiger partial charge is 0.350 e. The van der Waals surface area contributed by atoms with E-state index in [0.29, 0.717) is 6.54 Å². The molecule has 2 aromatic carbocycles. The minimum atomic E-state index is -0.849. The molecular formula is C22H26FN3O2. The van der Waals surface area contributed by atoms with Crippen molar-refractivity contribution in [3.8, 4) is 0 Å². The van der Waals surface area contributed by atoms with E-state index < -0.39 is 23.2 Å². The first-order valence-electron chi connectivity index (χ1n) is 9.08. The number of rotatable bonds is 6. The van der Waals surface area contributed by atoms with Gasteiger partial charge in [-0.15, -0.1) is 0 Å². The van der Waals surface area contributed by atoms with E-state index in [9.17, 15) is 14.0 Å². The van der Waals surface area contributed by atoms with Crippen LogP contribution in [0.15, 0.2) is 48.5 Å². The lowest BCUT2D eigenvalue weighted by atomic mass is 9.85. The van der Waals surface area contributed by atoms with E-state index in [4.69, 9.17) is 5.41 Å². The maximum Gasteiger partial charge on any atom is 0.270 e. The average molecular weight is 383 g/mol. The Bertz CT molecular complexity index is 873. The molecule has 2 rings (SSSR count). The van der Waals surface area contributed by atoms with Crippen LogP contribution in [0.1, 0.15) is 37.5 Å². The highest BCUT2D eigenvalue weighted by Gasteiger charge is 2.33. The number of halogens is 1. The van der Waals surface area contributed by atoms with Crippen LogP contribution in [0, 0.1) is 23.6 Å². The lowest BCUT2D eigenvalue weighted by molar-refractivity contribution is -0.129. The summed E-state index contributed by atoms with van der Waals surface area (Å²) < 4.78 is 13.8. The Morgan fingerprint density at radius 2 is 1.71 bits per heavy atom. The molecule has 0 bridgehead atoms. The lowest BCUT2D eigenvalue weighted by Crippen LogP contribution is -2.54. The summed E-state index contributed by atoms with van der Waals surface area (Å²) in [6, 6.07) is 12.8. The van der Waals surface area contributed by atoms with E-state index in [-0.39, 0.29) is 22.7 Å². The fourth-order valence-corrected chi connectivity index (χ4v) is 2.77. The molecule has 0 aliphatic carbocycles. The Morgan fingerprint density at radius 3 is 2.32 bits per heavy atom. The molecule has 0 aliphatic heterocycles. The van der Waals surface area contributed by atoms with Crippen LogP contribution in [0.5, 0.6) is 0 Å². The summed E-state index contributed by atoms with van der Waals surface area (Å²) in [5.41, 5.74) is 0.423. The Morgan fingerprint density at radius 1 is 1.07 bits per heavy atom. The smallest absolute Gasteiger partial charge is 0.270 e. The van der Waals surface area contributed by atoms with Crippen LogP contribution < -0.4 is 10.6 Å². The highest BCUT2D eigenvalue weighted by atomic mass is 19.1. The van der Waals surface area contributed by atoms with Crippen molar-refractivity contribution in [2.45, 2.75) is 40.3 Å². The zero-order valence-electron chi connectivity index (χ0n) is 16.6. The van der Waals surface area contributed by atoms with E-state index in [2.05, 4.69) is 10.6 Å². The Balaban J connectivity index is 2.12. The molecule has 0 saturated heterocycles. The number of carbonyl (C=O) groups is 2. The predicted molar refractivity (Wildman–Crippen MR) is 108 cm³/mol. The SMILES string of the molecule is Cc1c(F)cccc1C(=N)C(=O)NC(C(=O)NCc1ccccc1)C(C)(C)C. The molecule has 0 saturated carbocycles. The van der Waals surface area contributed by atoms with E-state index in [1.165, 1.54) is 25.1 Å². The number of nitrogens with one attached hydrogen (secondary N) is 3. The predicted octanol–water partition coefficient (Wildman–Crippen LogP) is 3.35. The van der Waals surface area contributed by atoms with Crippen LogP contribution >= 0.6 is 0 Å². The molecule has 1 atom stereocenters. The molecule has 6 heteroatoms. The van der Waals surface area contributed by atoms with Crippen LogP contribution in [-0.4, -0.2) is 23.6 Å². The fraction of sp³-hybridized carbons (Fsp3) is 0.318. The summed E-state index contributed by atoms with van der Waals surface area (Å²) in [5, 5.41) is 13.6. The van der Waals surface area contributed by atoms with Crippen LogP contribution in [-0.2, 0) is 16.1 Å². The molecule has 1 unspecified atom stereocenters. The van der Waals surface area contributed by atoms with Crippen LogP contribution in [0.4, 0.5) is 4.39 Å². The minimum Gasteiger partial charge on any atom is -0.350 e. The summed E-state index contributed by atoms with van der Waals surface area (Å²) in [7, 11) is 0. The maximum atomic E-state index is 13.8. The third-order valence-corrected chi connectivity index (χ3v) is 4.48. The minimum absolute atomic E-state index is 0.204. The summed E-state index contributed by atoms with van der Waals surface area (Å²) in [6.45, 7) is 7.34. The van der Waals surface area contributed by atoms with E-state index in [0.717, 1.165) is 5.56 Å². The Hall–Kier alpha value is -3.02. The number of carbonyl (C=O) groups excluding carboxylic acids is 2. The summed E-state index contributed by atoms with van der Waals surface area (Å²) >= 11 is 0. The topological polar surface area (TPSA) is 82.1 Å². The molecule has 5 nitrogen and oxygen atoms in total. The van der Waals surface area contributed by atoms with Crippen molar-refractivity contribution in [1.82, 2.24) is 10.6 Å². The monoisotopic (exact) mass is 383 g/mol. The van der Waals surface area contributed by atoms with Gasteiger partial charge in [-0.25, -0.2) is 4.39 Å². The van der Waals surface area contributed by atoms with Crippen molar-refractivity contribution in [3.63, 3.8) is 0 Å². The van der Waals surface area contributed by atoms with Crippen molar-refractivity contribution < 1.29 is 14.0 Å². The van der Waals surface area contributed by atoms with Crippen molar-refractivity contribution in [2.24, 2.45) is 5.41 Å². The zero-order valence-corrected chi connectivity index (χ0v) is 16.6. The third-order valence-electron chi connectivity index (χ3n) is 4.48. The first kappa shape index (κ1) is 21.3. The number of benzene rings is 2. The van der Waals surface area contributed by atoms with Gasteiger partial charge in [-0.3, -0.25) is 15.0 Å². The normalized spacial score (nSPS) is 12.2. The maximum absolute atomic E-state index is 13.8. The van der Waals surface area contributed by atoms with Crippen LogP contribution in [0.2, 0.25) is 0 Å². The first-order valence-corrected chi connectivity index (χ1v) is 9.08. The highest BCUT2D eigenvalue weighted by molar-refractivity contribution is 6.44. The number of hydrogen-bond acceptors (Lipinski definition) is 3. The summed E-state index contributed by atoms with van der Waals surface area (Å²) in [6.07, 6.45) is 0. The van der Waals surface area contributed by atoms with E-state index in [1.54, 1.807) is 0 Å². The lowest BCUT2D eigenvalue weighted by Gasteiger charge is -2.30. The van der Waals surface area contributed by atoms with Gasteiger partial charge in [0.1, 0.15) is 17.6 Å². The fourth-order valence-electron chi connectivity index (χ4n) is 2.77. The van der Waals surface area contributed by atoms with Gasteiger partial charge in [0, 0.05) is 12.1 Å². The van der Waals surface area contributed by atoms with E-state index >= 15 is 0 Å². The van der Waals surface area contributed by atoms with Gasteiger partial charge in [-0.1, -0.05) is 63.2 Å². The van der Waals surface area contributed by atoms with Gasteiger partial charge in [0.15, 0.2) is 0 Å². The summed E-state index contributed by atoms with van der Waals surface area (Å²) in [4.78, 5) is 25.3. The van der Waals surface area contributed by atoms with Gasteiger partial charge in [-0.2, -0.15) is 0 Å². The van der Waals surface area contributed by atoms with Gasteiger partial charge < -0.3 is 10.6 Å². The van der Waals surface area contributed by atoms with Crippen molar-refractivity contribution in [2.75, 3.05) is 0 Å². The summed E-state index contributed by atoms with van der Waals surface area (Å²) in [5.74, 6) is -1.54. The van der Waals surface area contributed by atoms with Crippen LogP contribution in [0.25, 0.3) is 0 Å². The van der Waals surface area contributed by atoms with E-state index in [1.807, 2.05) is 51.1 Å². The van der Waals surface area contributed by atoms with Crippen LogP contribution in [0.3, 0.4) is 0 Å². The van der Waals surface area contributed by atoms with Gasteiger partial charge in [0.25, 0.3) is 5.91 Å². The number of amides is 2. The van der Waals surface area contributed by atoms with Crippen molar-refractivity contribution >= 4 is 17.5 Å². The Kier molecular flexibility index (Phi) is 6.67. The van der Waals surface area contributed by atoms with Gasteiger partial charge in [0.05, 0.1) is 0 Å². The van der Waals surface area contributed by atoms with Crippen molar-refractivity contribution in [1.29, 1.82) is 5.41 Å². The molecule has 3 N–H and O–H groups in total. The quantitative estimate of drug-likeness (QED) is 0.669. The second kappa shape index (κ2) is 8.78. The molecule has 0 radical (unpaired) electrons. The molecule has 0 fully saturated rings. The molecule has 148 valence electrons. The molecule has 0 heterocycles. The second-order valence-corrected chi connectivity index (χ2v) is 7.76. The van der Waals surface area contributed by atoms with Gasteiger partial charge >= 0.3 is 0 Å². The zero-order chi connectivity index (χ0) is 20.9. The molecule has 0 aliphatic rings. The highest BCUT2D eigenvalue weighted by Crippen LogP contribution is 2.20. The standard InChI is InChI=1S/C22H26FN3O2/c1-14-16(11-8-12-17(14)23)18(24)20(27)26-19(22(2,3)4)21(28)25-13-15-9-6-5-7-10-15/h5-12,19,24H,13H2,1-4H3,(H,25,28)(H,26,27). The second-order valence-electron chi connectivity index (χ2n) is 7.76. The number of hydrogen-bond donors (Lipinski definition) is 3. The molecular weight excluding hydrogens is 357 g/mol. The molecule has 28 heavy (non-hydrogen) atoms. The molecule has 0 aromatic heterocycles. The third kappa shape index (κ3) is 5.25. The molecule has 2 amide bonds. The first-order chi connectivity index (χ1) is 13.1. The average Bonchev–Trinajstić information content (AvgIpc) is 2.65.